The van der Waals surface area contributed by atoms with Crippen molar-refractivity contribution in [2.24, 2.45) is 0 Å². The lowest BCUT2D eigenvalue weighted by Crippen LogP contribution is -2.24. The SMILES string of the molecule is COC(=O)C1=C(Nc2cc(OC)ccc2OC)CC(C(=O)OC)=C(Nc2cc(OC)ccc2OC)C1. The van der Waals surface area contributed by atoms with Gasteiger partial charge in [-0.3, -0.25) is 0 Å². The third-order valence-corrected chi connectivity index (χ3v) is 5.68. The summed E-state index contributed by atoms with van der Waals surface area (Å²) in [5, 5.41) is 6.47. The molecule has 0 fully saturated rings. The Morgan fingerprint density at radius 3 is 1.31 bits per heavy atom. The molecule has 192 valence electrons. The van der Waals surface area contributed by atoms with Gasteiger partial charge in [0, 0.05) is 36.4 Å². The number of nitrogens with one attached hydrogen (secondary N) is 2. The molecule has 36 heavy (non-hydrogen) atoms. The monoisotopic (exact) mass is 498 g/mol. The van der Waals surface area contributed by atoms with Crippen LogP contribution in [0.2, 0.25) is 0 Å². The quantitative estimate of drug-likeness (QED) is 0.468. The summed E-state index contributed by atoms with van der Waals surface area (Å²) in [5.74, 6) is 1.15. The van der Waals surface area contributed by atoms with E-state index in [0.29, 0.717) is 56.9 Å². The molecule has 3 rings (SSSR count). The van der Waals surface area contributed by atoms with Crippen LogP contribution in [0.25, 0.3) is 0 Å². The van der Waals surface area contributed by atoms with Crippen LogP contribution in [0.3, 0.4) is 0 Å². The van der Waals surface area contributed by atoms with E-state index in [1.54, 1.807) is 50.6 Å². The Morgan fingerprint density at radius 1 is 0.611 bits per heavy atom. The highest BCUT2D eigenvalue weighted by Crippen LogP contribution is 2.38. The van der Waals surface area contributed by atoms with E-state index in [0.717, 1.165) is 0 Å². The third-order valence-electron chi connectivity index (χ3n) is 5.68. The van der Waals surface area contributed by atoms with E-state index < -0.39 is 11.9 Å². The number of ether oxygens (including phenoxy) is 6. The average molecular weight is 499 g/mol. The Morgan fingerprint density at radius 2 is 1.00 bits per heavy atom. The van der Waals surface area contributed by atoms with Crippen molar-refractivity contribution in [2.45, 2.75) is 12.8 Å². The van der Waals surface area contributed by atoms with E-state index in [1.807, 2.05) is 0 Å². The molecule has 10 nitrogen and oxygen atoms in total. The van der Waals surface area contributed by atoms with Gasteiger partial charge in [0.05, 0.1) is 65.2 Å². The Bertz CT molecular complexity index is 1110. The number of allylic oxidation sites excluding steroid dienone is 2. The molecule has 0 aromatic heterocycles. The molecular weight excluding hydrogens is 468 g/mol. The summed E-state index contributed by atoms with van der Waals surface area (Å²) in [6.07, 6.45) is 0.123. The Hall–Kier alpha value is -4.34. The molecule has 10 heteroatoms. The molecular formula is C26H30N2O8. The van der Waals surface area contributed by atoms with Crippen LogP contribution in [0.15, 0.2) is 58.9 Å². The van der Waals surface area contributed by atoms with Crippen molar-refractivity contribution in [3.05, 3.63) is 58.9 Å². The normalized spacial score (nSPS) is 13.1. The standard InChI is InChI=1S/C26H30N2O8/c1-31-15-7-9-23(33-3)21(11-15)27-19-13-18(26(30)36-6)20(14-17(19)25(29)35-5)28-22-12-16(32-2)8-10-24(22)34-4/h7-12,27-28H,13-14H2,1-6H3. The number of carbonyl (C=O) groups excluding carboxylic acids is 2. The molecule has 0 unspecified atom stereocenters. The van der Waals surface area contributed by atoms with Gasteiger partial charge in [-0.15, -0.1) is 0 Å². The van der Waals surface area contributed by atoms with Crippen molar-refractivity contribution in [2.75, 3.05) is 53.3 Å². The van der Waals surface area contributed by atoms with Crippen molar-refractivity contribution < 1.29 is 38.0 Å². The molecule has 0 heterocycles. The van der Waals surface area contributed by atoms with Gasteiger partial charge in [-0.05, 0) is 24.3 Å². The largest absolute Gasteiger partial charge is 0.497 e. The highest BCUT2D eigenvalue weighted by molar-refractivity contribution is 5.96. The highest BCUT2D eigenvalue weighted by Gasteiger charge is 2.30. The molecule has 0 saturated carbocycles. The number of rotatable bonds is 10. The fourth-order valence-electron chi connectivity index (χ4n) is 3.81. The van der Waals surface area contributed by atoms with Gasteiger partial charge >= 0.3 is 11.9 Å². The fraction of sp³-hybridized carbons (Fsp3) is 0.308. The first kappa shape index (κ1) is 26.3. The summed E-state index contributed by atoms with van der Waals surface area (Å²) >= 11 is 0. The van der Waals surface area contributed by atoms with E-state index in [2.05, 4.69) is 10.6 Å². The topological polar surface area (TPSA) is 114 Å². The van der Waals surface area contributed by atoms with Crippen LogP contribution in [0, 0.1) is 0 Å². The zero-order valence-corrected chi connectivity index (χ0v) is 21.1. The third kappa shape index (κ3) is 5.65. The summed E-state index contributed by atoms with van der Waals surface area (Å²) in [7, 11) is 8.77. The van der Waals surface area contributed by atoms with E-state index >= 15 is 0 Å². The first-order valence-corrected chi connectivity index (χ1v) is 11.0. The van der Waals surface area contributed by atoms with E-state index in [1.165, 1.54) is 28.4 Å². The van der Waals surface area contributed by atoms with Crippen LogP contribution >= 0.6 is 0 Å². The maximum Gasteiger partial charge on any atom is 0.335 e. The van der Waals surface area contributed by atoms with Crippen molar-refractivity contribution in [1.29, 1.82) is 0 Å². The molecule has 0 radical (unpaired) electrons. The second-order valence-electron chi connectivity index (χ2n) is 7.63. The smallest absolute Gasteiger partial charge is 0.335 e. The number of methoxy groups -OCH3 is 6. The van der Waals surface area contributed by atoms with Gasteiger partial charge in [0.2, 0.25) is 0 Å². The molecule has 0 spiro atoms. The molecule has 2 N–H and O–H groups in total. The van der Waals surface area contributed by atoms with Crippen LogP contribution in [0.4, 0.5) is 11.4 Å². The maximum atomic E-state index is 12.8. The molecule has 0 aliphatic heterocycles. The van der Waals surface area contributed by atoms with Gasteiger partial charge < -0.3 is 39.1 Å². The molecule has 0 bridgehead atoms. The second kappa shape index (κ2) is 11.9. The van der Waals surface area contributed by atoms with Crippen LogP contribution in [-0.2, 0) is 19.1 Å². The number of hydrogen-bond donors (Lipinski definition) is 2. The lowest BCUT2D eigenvalue weighted by Gasteiger charge is -2.26. The predicted octanol–water partition coefficient (Wildman–Crippen LogP) is 3.89. The van der Waals surface area contributed by atoms with E-state index in [-0.39, 0.29) is 12.8 Å². The van der Waals surface area contributed by atoms with Crippen molar-refractivity contribution >= 4 is 23.3 Å². The van der Waals surface area contributed by atoms with Crippen LogP contribution in [0.5, 0.6) is 23.0 Å². The van der Waals surface area contributed by atoms with Gasteiger partial charge in [0.1, 0.15) is 23.0 Å². The highest BCUT2D eigenvalue weighted by atomic mass is 16.5. The van der Waals surface area contributed by atoms with E-state index in [9.17, 15) is 9.59 Å². The molecule has 0 amide bonds. The van der Waals surface area contributed by atoms with Gasteiger partial charge in [-0.2, -0.15) is 0 Å². The Kier molecular flexibility index (Phi) is 8.66. The van der Waals surface area contributed by atoms with Crippen molar-refractivity contribution in [3.8, 4) is 23.0 Å². The number of anilines is 2. The lowest BCUT2D eigenvalue weighted by molar-refractivity contribution is -0.137. The average Bonchev–Trinajstić information content (AvgIpc) is 2.92. The number of esters is 2. The van der Waals surface area contributed by atoms with Crippen LogP contribution < -0.4 is 29.6 Å². The molecule has 0 saturated heterocycles. The second-order valence-corrected chi connectivity index (χ2v) is 7.63. The molecule has 2 aromatic rings. The first-order valence-electron chi connectivity index (χ1n) is 11.0. The number of carbonyl (C=O) groups is 2. The fourth-order valence-corrected chi connectivity index (χ4v) is 3.81. The molecule has 1 aliphatic rings. The summed E-state index contributed by atoms with van der Waals surface area (Å²) in [4.78, 5) is 25.7. The number of hydrogen-bond acceptors (Lipinski definition) is 10. The Balaban J connectivity index is 2.07. The Labute approximate surface area is 209 Å². The predicted molar refractivity (Wildman–Crippen MR) is 134 cm³/mol. The zero-order chi connectivity index (χ0) is 26.2. The van der Waals surface area contributed by atoms with Gasteiger partial charge in [-0.1, -0.05) is 0 Å². The van der Waals surface area contributed by atoms with Gasteiger partial charge in [0.15, 0.2) is 0 Å². The van der Waals surface area contributed by atoms with E-state index in [4.69, 9.17) is 28.4 Å². The minimum atomic E-state index is -0.541. The summed E-state index contributed by atoms with van der Waals surface area (Å²) in [6.45, 7) is 0. The molecule has 2 aromatic carbocycles. The molecule has 0 atom stereocenters. The van der Waals surface area contributed by atoms with Crippen molar-refractivity contribution in [1.82, 2.24) is 0 Å². The minimum absolute atomic E-state index is 0.0616. The van der Waals surface area contributed by atoms with Crippen molar-refractivity contribution in [3.63, 3.8) is 0 Å². The first-order chi connectivity index (χ1) is 17.4. The van der Waals surface area contributed by atoms with Gasteiger partial charge in [0.25, 0.3) is 0 Å². The number of benzene rings is 2. The van der Waals surface area contributed by atoms with Gasteiger partial charge in [-0.25, -0.2) is 9.59 Å². The summed E-state index contributed by atoms with van der Waals surface area (Å²) in [6, 6.07) is 10.4. The summed E-state index contributed by atoms with van der Waals surface area (Å²) < 4.78 is 31.7. The maximum absolute atomic E-state index is 12.8. The molecule has 1 aliphatic carbocycles. The van der Waals surface area contributed by atoms with Crippen LogP contribution in [0.1, 0.15) is 12.8 Å². The van der Waals surface area contributed by atoms with Crippen LogP contribution in [-0.4, -0.2) is 54.6 Å². The zero-order valence-electron chi connectivity index (χ0n) is 21.1. The summed E-state index contributed by atoms with van der Waals surface area (Å²) in [5.41, 5.74) is 2.72. The lowest BCUT2D eigenvalue weighted by atomic mass is 9.92. The minimum Gasteiger partial charge on any atom is -0.497 e.